The monoisotopic (exact) mass is 369 g/mol. The van der Waals surface area contributed by atoms with Crippen molar-refractivity contribution in [2.24, 2.45) is 0 Å². The summed E-state index contributed by atoms with van der Waals surface area (Å²) in [5.74, 6) is 0. The normalized spacial score (nSPS) is 18.3. The summed E-state index contributed by atoms with van der Waals surface area (Å²) in [6.07, 6.45) is 4.50. The largest absolute Gasteiger partial charge is 0.334 e. The molecule has 1 saturated heterocycles. The van der Waals surface area contributed by atoms with E-state index in [0.717, 1.165) is 32.5 Å². The highest BCUT2D eigenvalue weighted by Crippen LogP contribution is 2.14. The van der Waals surface area contributed by atoms with Gasteiger partial charge < -0.3 is 10.6 Å². The smallest absolute Gasteiger partial charge is 0.315 e. The Hall–Kier alpha value is -2.67. The Kier molecular flexibility index (Phi) is 6.98. The van der Waals surface area contributed by atoms with Crippen LogP contribution in [0, 0.1) is 0 Å². The number of likely N-dealkylation sites (tertiary alicyclic amines) is 1. The Labute approximate surface area is 159 Å². The van der Waals surface area contributed by atoms with E-state index in [-0.39, 0.29) is 24.2 Å². The summed E-state index contributed by atoms with van der Waals surface area (Å²) in [6.45, 7) is 3.08. The summed E-state index contributed by atoms with van der Waals surface area (Å²) < 4.78 is 0. The highest BCUT2D eigenvalue weighted by molar-refractivity contribution is 5.74. The minimum atomic E-state index is -0.253. The lowest BCUT2D eigenvalue weighted by Gasteiger charge is -2.30. The van der Waals surface area contributed by atoms with Gasteiger partial charge in [0.1, 0.15) is 0 Å². The molecule has 7 nitrogen and oxygen atoms in total. The molecule has 2 aromatic rings. The fourth-order valence-electron chi connectivity index (χ4n) is 3.38. The molecule has 3 rings (SSSR count). The van der Waals surface area contributed by atoms with Gasteiger partial charge in [0.25, 0.3) is 5.56 Å². The van der Waals surface area contributed by atoms with E-state index in [9.17, 15) is 9.59 Å². The van der Waals surface area contributed by atoms with Crippen molar-refractivity contribution in [2.75, 3.05) is 13.1 Å². The van der Waals surface area contributed by atoms with Crippen LogP contribution in [0.4, 0.5) is 4.79 Å². The number of nitrogens with one attached hydrogen (secondary N) is 3. The molecule has 3 N–H and O–H groups in total. The van der Waals surface area contributed by atoms with E-state index in [1.54, 1.807) is 6.07 Å². The summed E-state index contributed by atoms with van der Waals surface area (Å²) in [4.78, 5) is 25.7. The average Bonchev–Trinajstić information content (AvgIpc) is 2.66. The molecule has 0 spiro atoms. The summed E-state index contributed by atoms with van der Waals surface area (Å²) in [5, 5.41) is 12.2. The Bertz CT molecular complexity index is 757. The molecular formula is C20H27N5O2. The van der Waals surface area contributed by atoms with Crippen LogP contribution in [0.3, 0.4) is 0 Å². The van der Waals surface area contributed by atoms with Crippen LogP contribution < -0.4 is 16.2 Å². The maximum absolute atomic E-state index is 12.3. The third-order valence-electron chi connectivity index (χ3n) is 4.76. The van der Waals surface area contributed by atoms with Gasteiger partial charge in [-0.1, -0.05) is 43.2 Å². The van der Waals surface area contributed by atoms with E-state index < -0.39 is 0 Å². The minimum absolute atomic E-state index is 0.123. The first kappa shape index (κ1) is 19.1. The van der Waals surface area contributed by atoms with E-state index in [1.807, 2.05) is 6.07 Å². The van der Waals surface area contributed by atoms with Gasteiger partial charge >= 0.3 is 6.03 Å². The zero-order chi connectivity index (χ0) is 18.9. The van der Waals surface area contributed by atoms with Gasteiger partial charge in [-0.25, -0.2) is 9.89 Å². The molecule has 1 aromatic carbocycles. The number of amides is 2. The molecular weight excluding hydrogens is 342 g/mol. The van der Waals surface area contributed by atoms with E-state index in [4.69, 9.17) is 0 Å². The molecule has 1 unspecified atom stereocenters. The van der Waals surface area contributed by atoms with Crippen LogP contribution in [-0.2, 0) is 13.1 Å². The number of aromatic nitrogens is 2. The van der Waals surface area contributed by atoms with Crippen molar-refractivity contribution in [1.29, 1.82) is 0 Å². The second kappa shape index (κ2) is 9.87. The molecule has 144 valence electrons. The van der Waals surface area contributed by atoms with Gasteiger partial charge in [-0.2, -0.15) is 5.10 Å². The fourth-order valence-corrected chi connectivity index (χ4v) is 3.38. The topological polar surface area (TPSA) is 90.1 Å². The number of H-pyrrole nitrogens is 1. The number of hydrogen-bond acceptors (Lipinski definition) is 4. The number of aromatic amines is 1. The van der Waals surface area contributed by atoms with Gasteiger partial charge in [-0.3, -0.25) is 9.69 Å². The van der Waals surface area contributed by atoms with E-state index >= 15 is 0 Å². The van der Waals surface area contributed by atoms with Crippen LogP contribution in [0.5, 0.6) is 0 Å². The maximum Gasteiger partial charge on any atom is 0.315 e. The predicted octanol–water partition coefficient (Wildman–Crippen LogP) is 2.01. The van der Waals surface area contributed by atoms with E-state index in [0.29, 0.717) is 5.69 Å². The zero-order valence-corrected chi connectivity index (χ0v) is 15.5. The van der Waals surface area contributed by atoms with Gasteiger partial charge in [0.15, 0.2) is 0 Å². The molecule has 0 radical (unpaired) electrons. The number of benzene rings is 1. The Morgan fingerprint density at radius 1 is 1.15 bits per heavy atom. The van der Waals surface area contributed by atoms with Crippen molar-refractivity contribution in [1.82, 2.24) is 25.7 Å². The SMILES string of the molecule is O=C(NCc1ccc(=O)[nH]n1)NC1CCCCCN(Cc2ccccc2)C1. The van der Waals surface area contributed by atoms with Crippen LogP contribution in [0.25, 0.3) is 0 Å². The Morgan fingerprint density at radius 2 is 2.00 bits per heavy atom. The average molecular weight is 369 g/mol. The van der Waals surface area contributed by atoms with Crippen molar-refractivity contribution in [3.05, 3.63) is 64.1 Å². The van der Waals surface area contributed by atoms with Gasteiger partial charge in [-0.15, -0.1) is 0 Å². The first-order chi connectivity index (χ1) is 13.2. The third kappa shape index (κ3) is 6.53. The standard InChI is InChI=1S/C20H27N5O2/c26-19-11-10-17(23-24-19)13-21-20(27)22-18-9-5-2-6-12-25(15-18)14-16-7-3-1-4-8-16/h1,3-4,7-8,10-11,18H,2,5-6,9,12-15H2,(H,24,26)(H2,21,22,27). The van der Waals surface area contributed by atoms with Crippen molar-refractivity contribution in [2.45, 2.75) is 44.8 Å². The number of carbonyl (C=O) groups excluding carboxylic acids is 1. The van der Waals surface area contributed by atoms with E-state index in [2.05, 4.69) is 50.0 Å². The Morgan fingerprint density at radius 3 is 2.78 bits per heavy atom. The highest BCUT2D eigenvalue weighted by atomic mass is 16.2. The predicted molar refractivity (Wildman–Crippen MR) is 104 cm³/mol. The number of urea groups is 1. The molecule has 2 heterocycles. The third-order valence-corrected chi connectivity index (χ3v) is 4.76. The lowest BCUT2D eigenvalue weighted by Crippen LogP contribution is -2.48. The molecule has 0 bridgehead atoms. The van der Waals surface area contributed by atoms with Crippen LogP contribution >= 0.6 is 0 Å². The fraction of sp³-hybridized carbons (Fsp3) is 0.450. The highest BCUT2D eigenvalue weighted by Gasteiger charge is 2.19. The number of hydrogen-bond donors (Lipinski definition) is 3. The summed E-state index contributed by atoms with van der Waals surface area (Å²) in [5.41, 5.74) is 1.66. The van der Waals surface area contributed by atoms with Gasteiger partial charge in [0, 0.05) is 25.2 Å². The van der Waals surface area contributed by atoms with Crippen LogP contribution in [0.15, 0.2) is 47.3 Å². The zero-order valence-electron chi connectivity index (χ0n) is 15.5. The lowest BCUT2D eigenvalue weighted by molar-refractivity contribution is 0.199. The number of rotatable bonds is 5. The first-order valence-corrected chi connectivity index (χ1v) is 9.54. The van der Waals surface area contributed by atoms with Crippen molar-refractivity contribution >= 4 is 6.03 Å². The molecule has 0 aliphatic carbocycles. The van der Waals surface area contributed by atoms with Crippen LogP contribution in [-0.4, -0.2) is 40.3 Å². The van der Waals surface area contributed by atoms with Crippen LogP contribution in [0.2, 0.25) is 0 Å². The van der Waals surface area contributed by atoms with E-state index in [1.165, 1.54) is 24.5 Å². The van der Waals surface area contributed by atoms with Crippen molar-refractivity contribution in [3.8, 4) is 0 Å². The molecule has 7 heteroatoms. The van der Waals surface area contributed by atoms with Gasteiger partial charge in [-0.05, 0) is 31.0 Å². The summed E-state index contributed by atoms with van der Waals surface area (Å²) in [6, 6.07) is 13.4. The van der Waals surface area contributed by atoms with Gasteiger partial charge in [0.05, 0.1) is 12.2 Å². The van der Waals surface area contributed by atoms with Crippen molar-refractivity contribution < 1.29 is 4.79 Å². The molecule has 1 aromatic heterocycles. The Balaban J connectivity index is 1.51. The molecule has 1 fully saturated rings. The van der Waals surface area contributed by atoms with Gasteiger partial charge in [0.2, 0.25) is 0 Å². The molecule has 1 atom stereocenters. The number of nitrogens with zero attached hydrogens (tertiary/aromatic N) is 2. The second-order valence-corrected chi connectivity index (χ2v) is 7.01. The summed E-state index contributed by atoms with van der Waals surface area (Å²) >= 11 is 0. The first-order valence-electron chi connectivity index (χ1n) is 9.54. The van der Waals surface area contributed by atoms with Crippen LogP contribution in [0.1, 0.15) is 36.9 Å². The second-order valence-electron chi connectivity index (χ2n) is 7.01. The maximum atomic E-state index is 12.3. The number of carbonyl (C=O) groups is 1. The lowest BCUT2D eigenvalue weighted by atomic mass is 10.0. The molecule has 2 amide bonds. The summed E-state index contributed by atoms with van der Waals surface area (Å²) in [7, 11) is 0. The van der Waals surface area contributed by atoms with Crippen molar-refractivity contribution in [3.63, 3.8) is 0 Å². The molecule has 27 heavy (non-hydrogen) atoms. The molecule has 1 aliphatic heterocycles. The minimum Gasteiger partial charge on any atom is -0.334 e. The molecule has 1 aliphatic rings. The molecule has 0 saturated carbocycles. The quantitative estimate of drug-likeness (QED) is 0.752.